The van der Waals surface area contributed by atoms with Gasteiger partial charge in [0.15, 0.2) is 0 Å². The van der Waals surface area contributed by atoms with Crippen LogP contribution in [0.15, 0.2) is 41.0 Å². The standard InChI is InChI=1S/C14H12F3NO3/c1-20-13(19)9-6-10(21-8-9)7-18-12-5-3-2-4-11(12)14(15,16)17/h2-6,8,18H,7H2,1H3. The second kappa shape index (κ2) is 5.90. The molecule has 0 saturated carbocycles. The van der Waals surface area contributed by atoms with Gasteiger partial charge in [-0.3, -0.25) is 0 Å². The second-order valence-electron chi connectivity index (χ2n) is 4.19. The Kier molecular flexibility index (Phi) is 4.21. The van der Waals surface area contributed by atoms with Crippen molar-refractivity contribution in [1.82, 2.24) is 0 Å². The van der Waals surface area contributed by atoms with Crippen LogP contribution < -0.4 is 5.32 Å². The molecule has 0 aliphatic carbocycles. The summed E-state index contributed by atoms with van der Waals surface area (Å²) < 4.78 is 48.0. The maximum atomic E-state index is 12.8. The minimum Gasteiger partial charge on any atom is -0.467 e. The predicted octanol–water partition coefficient (Wildman–Crippen LogP) is 3.70. The van der Waals surface area contributed by atoms with Gasteiger partial charge in [0.05, 0.1) is 24.8 Å². The van der Waals surface area contributed by atoms with E-state index in [2.05, 4.69) is 10.1 Å². The summed E-state index contributed by atoms with van der Waals surface area (Å²) in [5.41, 5.74) is -0.607. The molecule has 21 heavy (non-hydrogen) atoms. The van der Waals surface area contributed by atoms with Gasteiger partial charge in [-0.15, -0.1) is 0 Å². The van der Waals surface area contributed by atoms with Gasteiger partial charge in [-0.05, 0) is 18.2 Å². The molecule has 1 heterocycles. The van der Waals surface area contributed by atoms with E-state index in [0.29, 0.717) is 5.76 Å². The highest BCUT2D eigenvalue weighted by Crippen LogP contribution is 2.34. The largest absolute Gasteiger partial charge is 0.467 e. The van der Waals surface area contributed by atoms with Gasteiger partial charge in [0.1, 0.15) is 12.0 Å². The zero-order valence-electron chi connectivity index (χ0n) is 11.0. The van der Waals surface area contributed by atoms with Gasteiger partial charge < -0.3 is 14.5 Å². The fraction of sp³-hybridized carbons (Fsp3) is 0.214. The molecule has 0 fully saturated rings. The number of ether oxygens (including phenoxy) is 1. The van der Waals surface area contributed by atoms with E-state index in [1.54, 1.807) is 0 Å². The number of anilines is 1. The summed E-state index contributed by atoms with van der Waals surface area (Å²) in [6, 6.07) is 6.54. The van der Waals surface area contributed by atoms with Gasteiger partial charge in [-0.1, -0.05) is 12.1 Å². The number of rotatable bonds is 4. The van der Waals surface area contributed by atoms with Crippen molar-refractivity contribution in [3.63, 3.8) is 0 Å². The number of carbonyl (C=O) groups is 1. The molecular weight excluding hydrogens is 287 g/mol. The first kappa shape index (κ1) is 15.0. The van der Waals surface area contributed by atoms with Gasteiger partial charge in [-0.25, -0.2) is 4.79 Å². The van der Waals surface area contributed by atoms with Crippen molar-refractivity contribution in [2.45, 2.75) is 12.7 Å². The first-order chi connectivity index (χ1) is 9.91. The van der Waals surface area contributed by atoms with Gasteiger partial charge >= 0.3 is 12.1 Å². The number of para-hydroxylation sites is 1. The van der Waals surface area contributed by atoms with Crippen LogP contribution in [0, 0.1) is 0 Å². The van der Waals surface area contributed by atoms with E-state index < -0.39 is 17.7 Å². The third-order valence-corrected chi connectivity index (χ3v) is 2.76. The van der Waals surface area contributed by atoms with Crippen LogP contribution in [0.1, 0.15) is 21.7 Å². The number of alkyl halides is 3. The monoisotopic (exact) mass is 299 g/mol. The van der Waals surface area contributed by atoms with E-state index in [-0.39, 0.29) is 17.8 Å². The number of nitrogens with one attached hydrogen (secondary N) is 1. The fourth-order valence-corrected chi connectivity index (χ4v) is 1.77. The zero-order valence-corrected chi connectivity index (χ0v) is 11.0. The van der Waals surface area contributed by atoms with Crippen LogP contribution in [0.3, 0.4) is 0 Å². The molecular formula is C14H12F3NO3. The summed E-state index contributed by atoms with van der Waals surface area (Å²) in [5, 5.41) is 2.64. The third-order valence-electron chi connectivity index (χ3n) is 2.76. The first-order valence-corrected chi connectivity index (χ1v) is 5.97. The predicted molar refractivity (Wildman–Crippen MR) is 68.8 cm³/mol. The lowest BCUT2D eigenvalue weighted by molar-refractivity contribution is -0.137. The van der Waals surface area contributed by atoms with Gasteiger partial charge in [0.2, 0.25) is 0 Å². The summed E-state index contributed by atoms with van der Waals surface area (Å²) in [4.78, 5) is 11.2. The van der Waals surface area contributed by atoms with Crippen LogP contribution in [0.5, 0.6) is 0 Å². The van der Waals surface area contributed by atoms with Crippen LogP contribution in [-0.4, -0.2) is 13.1 Å². The van der Waals surface area contributed by atoms with Gasteiger partial charge in [0, 0.05) is 5.69 Å². The quantitative estimate of drug-likeness (QED) is 0.875. The lowest BCUT2D eigenvalue weighted by Crippen LogP contribution is -2.10. The molecule has 0 aliphatic heterocycles. The molecule has 1 aromatic heterocycles. The first-order valence-electron chi connectivity index (χ1n) is 5.97. The summed E-state index contributed by atoms with van der Waals surface area (Å²) in [7, 11) is 1.23. The second-order valence-corrected chi connectivity index (χ2v) is 4.19. The number of furan rings is 1. The lowest BCUT2D eigenvalue weighted by atomic mass is 10.1. The summed E-state index contributed by atoms with van der Waals surface area (Å²) in [5.74, 6) is -0.243. The fourth-order valence-electron chi connectivity index (χ4n) is 1.77. The normalized spacial score (nSPS) is 11.2. The van der Waals surface area contributed by atoms with Crippen molar-refractivity contribution >= 4 is 11.7 Å². The zero-order chi connectivity index (χ0) is 15.5. The Hall–Kier alpha value is -2.44. The minimum atomic E-state index is -4.44. The molecule has 0 radical (unpaired) electrons. The maximum Gasteiger partial charge on any atom is 0.418 e. The van der Waals surface area contributed by atoms with Crippen LogP contribution in [0.2, 0.25) is 0 Å². The highest BCUT2D eigenvalue weighted by atomic mass is 19.4. The molecule has 2 rings (SSSR count). The van der Waals surface area contributed by atoms with Crippen molar-refractivity contribution < 1.29 is 27.1 Å². The van der Waals surface area contributed by atoms with E-state index >= 15 is 0 Å². The van der Waals surface area contributed by atoms with E-state index in [0.717, 1.165) is 6.07 Å². The van der Waals surface area contributed by atoms with Crippen molar-refractivity contribution in [1.29, 1.82) is 0 Å². The molecule has 4 nitrogen and oxygen atoms in total. The Bertz CT molecular complexity index is 634. The van der Waals surface area contributed by atoms with E-state index in [4.69, 9.17) is 4.42 Å². The molecule has 0 unspecified atom stereocenters. The Morgan fingerprint density at radius 1 is 1.33 bits per heavy atom. The molecule has 2 aromatic rings. The Labute approximate surface area is 118 Å². The number of hydrogen-bond donors (Lipinski definition) is 1. The number of methoxy groups -OCH3 is 1. The van der Waals surface area contributed by atoms with Crippen LogP contribution in [0.25, 0.3) is 0 Å². The SMILES string of the molecule is COC(=O)c1coc(CNc2ccccc2C(F)(F)F)c1. The number of halogens is 3. The summed E-state index contributed by atoms with van der Waals surface area (Å²) in [6.07, 6.45) is -3.25. The average Bonchev–Trinajstić information content (AvgIpc) is 2.92. The van der Waals surface area contributed by atoms with Crippen LogP contribution in [-0.2, 0) is 17.5 Å². The van der Waals surface area contributed by atoms with E-state index in [1.165, 1.54) is 37.6 Å². The molecule has 0 aliphatic rings. The van der Waals surface area contributed by atoms with E-state index in [1.807, 2.05) is 0 Å². The van der Waals surface area contributed by atoms with Crippen LogP contribution in [0.4, 0.5) is 18.9 Å². The van der Waals surface area contributed by atoms with Crippen molar-refractivity contribution in [2.24, 2.45) is 0 Å². The molecule has 1 N–H and O–H groups in total. The molecule has 7 heteroatoms. The van der Waals surface area contributed by atoms with Crippen LogP contribution >= 0.6 is 0 Å². The van der Waals surface area contributed by atoms with Crippen molar-refractivity contribution in [3.8, 4) is 0 Å². The highest BCUT2D eigenvalue weighted by Gasteiger charge is 2.33. The molecule has 0 spiro atoms. The Morgan fingerprint density at radius 3 is 2.71 bits per heavy atom. The summed E-state index contributed by atoms with van der Waals surface area (Å²) in [6.45, 7) is 0.0179. The van der Waals surface area contributed by atoms with Crippen molar-refractivity contribution in [2.75, 3.05) is 12.4 Å². The molecule has 0 atom stereocenters. The van der Waals surface area contributed by atoms with Gasteiger partial charge in [0.25, 0.3) is 0 Å². The number of esters is 1. The smallest absolute Gasteiger partial charge is 0.418 e. The third kappa shape index (κ3) is 3.56. The number of carbonyl (C=O) groups excluding carboxylic acids is 1. The topological polar surface area (TPSA) is 51.5 Å². The molecule has 112 valence electrons. The number of benzene rings is 1. The maximum absolute atomic E-state index is 12.8. The lowest BCUT2D eigenvalue weighted by Gasteiger charge is -2.13. The van der Waals surface area contributed by atoms with Crippen molar-refractivity contribution in [3.05, 3.63) is 53.5 Å². The minimum absolute atomic E-state index is 0.0179. The summed E-state index contributed by atoms with van der Waals surface area (Å²) >= 11 is 0. The highest BCUT2D eigenvalue weighted by molar-refractivity contribution is 5.89. The van der Waals surface area contributed by atoms with Gasteiger partial charge in [-0.2, -0.15) is 13.2 Å². The molecule has 1 aromatic carbocycles. The Balaban J connectivity index is 2.10. The Morgan fingerprint density at radius 2 is 2.05 bits per heavy atom. The average molecular weight is 299 g/mol. The van der Waals surface area contributed by atoms with E-state index in [9.17, 15) is 18.0 Å². The molecule has 0 bridgehead atoms. The number of hydrogen-bond acceptors (Lipinski definition) is 4. The molecule has 0 saturated heterocycles. The molecule has 0 amide bonds.